The van der Waals surface area contributed by atoms with Gasteiger partial charge >= 0.3 is 0 Å². The van der Waals surface area contributed by atoms with Gasteiger partial charge in [0.1, 0.15) is 0 Å². The summed E-state index contributed by atoms with van der Waals surface area (Å²) in [6.45, 7) is 5.37. The van der Waals surface area contributed by atoms with Crippen molar-refractivity contribution in [3.63, 3.8) is 0 Å². The second-order valence-corrected chi connectivity index (χ2v) is 7.48. The van der Waals surface area contributed by atoms with Crippen molar-refractivity contribution in [1.82, 2.24) is 4.90 Å². The zero-order valence-electron chi connectivity index (χ0n) is 12.5. The zero-order chi connectivity index (χ0) is 15.3. The first-order valence-electron chi connectivity index (χ1n) is 7.41. The van der Waals surface area contributed by atoms with Crippen LogP contribution >= 0.6 is 0 Å². The van der Waals surface area contributed by atoms with Crippen LogP contribution in [0.1, 0.15) is 18.9 Å². The van der Waals surface area contributed by atoms with Gasteiger partial charge in [-0.1, -0.05) is 19.1 Å². The molecule has 2 rings (SSSR count). The zero-order valence-corrected chi connectivity index (χ0v) is 13.3. The van der Waals surface area contributed by atoms with Gasteiger partial charge in [0.15, 0.2) is 9.84 Å². The molecule has 1 heterocycles. The lowest BCUT2D eigenvalue weighted by atomic mass is 10.2. The monoisotopic (exact) mass is 312 g/mol. The van der Waals surface area contributed by atoms with Gasteiger partial charge in [0, 0.05) is 26.2 Å². The van der Waals surface area contributed by atoms with Crippen LogP contribution in [0.3, 0.4) is 0 Å². The van der Waals surface area contributed by atoms with E-state index < -0.39 is 9.84 Å². The molecule has 0 aromatic heterocycles. The average Bonchev–Trinajstić information content (AvgIpc) is 2.53. The van der Waals surface area contributed by atoms with Crippen molar-refractivity contribution >= 4 is 9.84 Å². The van der Waals surface area contributed by atoms with Crippen LogP contribution in [0.5, 0.6) is 0 Å². The Morgan fingerprint density at radius 1 is 1.33 bits per heavy atom. The highest BCUT2D eigenvalue weighted by atomic mass is 32.2. The second kappa shape index (κ2) is 7.35. The fraction of sp³-hybridized carbons (Fsp3) is 0.600. The number of nitrogens with two attached hydrogens (primary N) is 1. The molecule has 0 spiro atoms. The van der Waals surface area contributed by atoms with Gasteiger partial charge in [-0.2, -0.15) is 0 Å². The van der Waals surface area contributed by atoms with Crippen molar-refractivity contribution in [2.75, 3.05) is 32.0 Å². The maximum atomic E-state index is 12.3. The summed E-state index contributed by atoms with van der Waals surface area (Å²) >= 11 is 0. The molecule has 1 saturated heterocycles. The number of rotatable bonds is 6. The fourth-order valence-electron chi connectivity index (χ4n) is 2.43. The Morgan fingerprint density at radius 3 is 2.67 bits per heavy atom. The average molecular weight is 312 g/mol. The SMILES string of the molecule is CCC1CN(CCS(=O)(=O)c2ccc(CN)cc2)CCO1. The van der Waals surface area contributed by atoms with Crippen LogP contribution in [0.4, 0.5) is 0 Å². The number of morpholine rings is 1. The summed E-state index contributed by atoms with van der Waals surface area (Å²) in [7, 11) is -3.23. The highest BCUT2D eigenvalue weighted by Crippen LogP contribution is 2.14. The molecule has 0 radical (unpaired) electrons. The van der Waals surface area contributed by atoms with E-state index in [0.717, 1.165) is 25.1 Å². The van der Waals surface area contributed by atoms with Crippen LogP contribution in [0, 0.1) is 0 Å². The molecule has 21 heavy (non-hydrogen) atoms. The third-order valence-corrected chi connectivity index (χ3v) is 5.58. The van der Waals surface area contributed by atoms with Gasteiger partial charge in [0.25, 0.3) is 0 Å². The molecule has 5 nitrogen and oxygen atoms in total. The summed E-state index contributed by atoms with van der Waals surface area (Å²) in [5.74, 6) is 0.144. The largest absolute Gasteiger partial charge is 0.376 e. The summed E-state index contributed by atoms with van der Waals surface area (Å²) < 4.78 is 30.3. The van der Waals surface area contributed by atoms with Crippen LogP contribution in [-0.4, -0.2) is 51.4 Å². The first-order valence-corrected chi connectivity index (χ1v) is 9.06. The molecular weight excluding hydrogens is 288 g/mol. The molecule has 118 valence electrons. The van der Waals surface area contributed by atoms with Gasteiger partial charge in [-0.15, -0.1) is 0 Å². The number of sulfone groups is 1. The molecule has 0 aliphatic carbocycles. The Balaban J connectivity index is 1.94. The Bertz CT molecular complexity index is 543. The molecule has 2 N–H and O–H groups in total. The predicted octanol–water partition coefficient (Wildman–Crippen LogP) is 1.03. The summed E-state index contributed by atoms with van der Waals surface area (Å²) in [6, 6.07) is 6.83. The predicted molar refractivity (Wildman–Crippen MR) is 82.9 cm³/mol. The molecule has 1 aromatic rings. The minimum Gasteiger partial charge on any atom is -0.376 e. The number of hydrogen-bond donors (Lipinski definition) is 1. The molecule has 6 heteroatoms. The van der Waals surface area contributed by atoms with E-state index in [1.165, 1.54) is 0 Å². The molecule has 1 unspecified atom stereocenters. The van der Waals surface area contributed by atoms with E-state index in [2.05, 4.69) is 11.8 Å². The van der Waals surface area contributed by atoms with E-state index in [0.29, 0.717) is 24.6 Å². The topological polar surface area (TPSA) is 72.6 Å². The lowest BCUT2D eigenvalue weighted by molar-refractivity contribution is -0.0275. The molecule has 1 aliphatic heterocycles. The number of benzene rings is 1. The van der Waals surface area contributed by atoms with Crippen molar-refractivity contribution in [2.45, 2.75) is 30.9 Å². The molecule has 0 saturated carbocycles. The number of hydrogen-bond acceptors (Lipinski definition) is 5. The van der Waals surface area contributed by atoms with Crippen molar-refractivity contribution in [3.05, 3.63) is 29.8 Å². The van der Waals surface area contributed by atoms with E-state index in [1.54, 1.807) is 24.3 Å². The molecule has 1 aliphatic rings. The summed E-state index contributed by atoms with van der Waals surface area (Å²) in [5.41, 5.74) is 6.46. The summed E-state index contributed by atoms with van der Waals surface area (Å²) in [5, 5.41) is 0. The Kier molecular flexibility index (Phi) is 5.75. The van der Waals surface area contributed by atoms with Gasteiger partial charge in [-0.05, 0) is 24.1 Å². The van der Waals surface area contributed by atoms with Crippen LogP contribution in [0.25, 0.3) is 0 Å². The summed E-state index contributed by atoms with van der Waals surface area (Å²) in [4.78, 5) is 2.55. The van der Waals surface area contributed by atoms with Gasteiger partial charge in [-0.3, -0.25) is 4.90 Å². The van der Waals surface area contributed by atoms with E-state index in [-0.39, 0.29) is 11.9 Å². The molecule has 1 aromatic carbocycles. The standard InChI is InChI=1S/C15H24N2O3S/c1-2-14-12-17(7-9-20-14)8-10-21(18,19)15-5-3-13(11-16)4-6-15/h3-6,14H,2,7-12,16H2,1H3. The van der Waals surface area contributed by atoms with Gasteiger partial charge in [0.2, 0.25) is 0 Å². The first kappa shape index (κ1) is 16.4. The lowest BCUT2D eigenvalue weighted by Crippen LogP contribution is -2.43. The molecule has 0 bridgehead atoms. The third kappa shape index (κ3) is 4.51. The second-order valence-electron chi connectivity index (χ2n) is 5.37. The number of nitrogens with zero attached hydrogens (tertiary/aromatic N) is 1. The minimum atomic E-state index is -3.23. The maximum Gasteiger partial charge on any atom is 0.179 e. The smallest absolute Gasteiger partial charge is 0.179 e. The van der Waals surface area contributed by atoms with Gasteiger partial charge < -0.3 is 10.5 Å². The quantitative estimate of drug-likeness (QED) is 0.849. The molecule has 1 fully saturated rings. The molecule has 1 atom stereocenters. The maximum absolute atomic E-state index is 12.3. The third-order valence-electron chi connectivity index (χ3n) is 3.87. The Morgan fingerprint density at radius 2 is 2.05 bits per heavy atom. The van der Waals surface area contributed by atoms with Crippen molar-refractivity contribution in [2.24, 2.45) is 5.73 Å². The first-order chi connectivity index (χ1) is 10.0. The lowest BCUT2D eigenvalue weighted by Gasteiger charge is -2.32. The Labute approximate surface area is 127 Å². The van der Waals surface area contributed by atoms with Crippen LogP contribution in [-0.2, 0) is 21.1 Å². The molecule has 0 amide bonds. The van der Waals surface area contributed by atoms with Gasteiger partial charge in [0.05, 0.1) is 23.4 Å². The van der Waals surface area contributed by atoms with Crippen molar-refractivity contribution < 1.29 is 13.2 Å². The minimum absolute atomic E-state index is 0.144. The normalized spacial score (nSPS) is 20.6. The van der Waals surface area contributed by atoms with Crippen molar-refractivity contribution in [3.8, 4) is 0 Å². The molecular formula is C15H24N2O3S. The van der Waals surface area contributed by atoms with Crippen LogP contribution in [0.2, 0.25) is 0 Å². The van der Waals surface area contributed by atoms with E-state index in [4.69, 9.17) is 10.5 Å². The summed E-state index contributed by atoms with van der Waals surface area (Å²) in [6.07, 6.45) is 1.19. The van der Waals surface area contributed by atoms with E-state index in [1.807, 2.05) is 0 Å². The fourth-order valence-corrected chi connectivity index (χ4v) is 3.72. The van der Waals surface area contributed by atoms with Crippen molar-refractivity contribution in [1.29, 1.82) is 0 Å². The van der Waals surface area contributed by atoms with Gasteiger partial charge in [-0.25, -0.2) is 8.42 Å². The van der Waals surface area contributed by atoms with E-state index >= 15 is 0 Å². The highest BCUT2D eigenvalue weighted by Gasteiger charge is 2.21. The van der Waals surface area contributed by atoms with Crippen LogP contribution < -0.4 is 5.73 Å². The van der Waals surface area contributed by atoms with Crippen LogP contribution in [0.15, 0.2) is 29.2 Å². The van der Waals surface area contributed by atoms with E-state index in [9.17, 15) is 8.42 Å². The number of ether oxygens (including phenoxy) is 1. The highest BCUT2D eigenvalue weighted by molar-refractivity contribution is 7.91. The Hall–Kier alpha value is -0.950.